The van der Waals surface area contributed by atoms with E-state index in [0.29, 0.717) is 17.0 Å². The lowest BCUT2D eigenvalue weighted by Crippen LogP contribution is -2.54. The molecule has 7 nitrogen and oxygen atoms in total. The first-order chi connectivity index (χ1) is 21.9. The van der Waals surface area contributed by atoms with E-state index in [0.717, 1.165) is 25.5 Å². The maximum absolute atomic E-state index is 14.6. The van der Waals surface area contributed by atoms with Crippen LogP contribution in [-0.4, -0.2) is 43.8 Å². The molecule has 2 atom stereocenters. The van der Waals surface area contributed by atoms with Gasteiger partial charge in [0.05, 0.1) is 10.6 Å². The predicted molar refractivity (Wildman–Crippen MR) is 188 cm³/mol. The van der Waals surface area contributed by atoms with Crippen LogP contribution in [0.5, 0.6) is 0 Å². The van der Waals surface area contributed by atoms with Crippen LogP contribution < -0.4 is 9.62 Å². The highest BCUT2D eigenvalue weighted by molar-refractivity contribution is 9.10. The van der Waals surface area contributed by atoms with Gasteiger partial charge in [-0.2, -0.15) is 0 Å². The van der Waals surface area contributed by atoms with E-state index in [2.05, 4.69) is 21.2 Å². The summed E-state index contributed by atoms with van der Waals surface area (Å²) in [5.74, 6) is -0.844. The fraction of sp³-hybridized carbons (Fsp3) is 0.278. The average Bonchev–Trinajstić information content (AvgIpc) is 3.03. The van der Waals surface area contributed by atoms with Crippen molar-refractivity contribution < 1.29 is 18.0 Å². The Kier molecular flexibility index (Phi) is 12.1. The molecular weight excluding hydrogens is 686 g/mol. The van der Waals surface area contributed by atoms with Crippen LogP contribution in [0, 0.1) is 13.8 Å². The van der Waals surface area contributed by atoms with Crippen LogP contribution in [-0.2, 0) is 32.6 Å². The summed E-state index contributed by atoms with van der Waals surface area (Å²) in [7, 11) is -4.23. The number of nitrogens with one attached hydrogen (secondary N) is 1. The third-order valence-corrected chi connectivity index (χ3v) is 10.3. The molecular formula is C36H39BrClN3O4S. The van der Waals surface area contributed by atoms with Gasteiger partial charge in [-0.3, -0.25) is 13.9 Å². The fourth-order valence-electron chi connectivity index (χ4n) is 5.03. The minimum atomic E-state index is -4.23. The second-order valence-corrected chi connectivity index (χ2v) is 14.6. The number of halogens is 2. The van der Waals surface area contributed by atoms with Gasteiger partial charge in [-0.25, -0.2) is 8.42 Å². The molecule has 0 radical (unpaired) electrons. The van der Waals surface area contributed by atoms with Crippen molar-refractivity contribution in [2.75, 3.05) is 10.8 Å². The summed E-state index contributed by atoms with van der Waals surface area (Å²) in [5, 5.41) is 3.39. The third-order valence-electron chi connectivity index (χ3n) is 7.84. The summed E-state index contributed by atoms with van der Waals surface area (Å²) < 4.78 is 30.5. The molecule has 0 aromatic heterocycles. The first-order valence-electron chi connectivity index (χ1n) is 15.1. The van der Waals surface area contributed by atoms with Gasteiger partial charge < -0.3 is 10.2 Å². The van der Waals surface area contributed by atoms with E-state index in [1.165, 1.54) is 17.0 Å². The monoisotopic (exact) mass is 723 g/mol. The molecule has 0 fully saturated rings. The standard InChI is InChI=1S/C36H39BrClN3O4S/c1-5-27(4)39-36(43)34(21-28-10-7-6-8-11-28)40(23-29-12-9-13-30(37)20-29)35(42)24-41(33-22-31(38)17-16-26(33)3)46(44,45)32-18-14-25(2)15-19-32/h6-20,22,27,34H,5,21,23-24H2,1-4H3,(H,39,43). The van der Waals surface area contributed by atoms with E-state index >= 15 is 0 Å². The van der Waals surface area contributed by atoms with Crippen molar-refractivity contribution in [3.8, 4) is 0 Å². The Labute approximate surface area is 285 Å². The molecule has 4 rings (SSSR count). The summed E-state index contributed by atoms with van der Waals surface area (Å²) in [6, 6.07) is 27.4. The number of benzene rings is 4. The smallest absolute Gasteiger partial charge is 0.264 e. The zero-order valence-electron chi connectivity index (χ0n) is 26.4. The summed E-state index contributed by atoms with van der Waals surface area (Å²) in [6.45, 7) is 7.06. The number of amides is 2. The molecule has 2 amide bonds. The number of hydrogen-bond donors (Lipinski definition) is 1. The molecule has 0 aliphatic heterocycles. The molecule has 0 saturated carbocycles. The number of nitrogens with zero attached hydrogens (tertiary/aromatic N) is 2. The zero-order chi connectivity index (χ0) is 33.4. The number of sulfonamides is 1. The molecule has 0 saturated heterocycles. The summed E-state index contributed by atoms with van der Waals surface area (Å²) in [6.07, 6.45) is 0.948. The van der Waals surface area contributed by atoms with Crippen LogP contribution in [0.4, 0.5) is 5.69 Å². The lowest BCUT2D eigenvalue weighted by molar-refractivity contribution is -0.140. The van der Waals surface area contributed by atoms with Gasteiger partial charge in [-0.15, -0.1) is 0 Å². The van der Waals surface area contributed by atoms with Gasteiger partial charge in [-0.05, 0) is 80.3 Å². The maximum Gasteiger partial charge on any atom is 0.264 e. The van der Waals surface area contributed by atoms with Crippen molar-refractivity contribution in [2.45, 2.75) is 64.1 Å². The van der Waals surface area contributed by atoms with Crippen LogP contribution in [0.2, 0.25) is 5.02 Å². The average molecular weight is 725 g/mol. The van der Waals surface area contributed by atoms with Gasteiger partial charge in [0.25, 0.3) is 10.0 Å². The van der Waals surface area contributed by atoms with Gasteiger partial charge >= 0.3 is 0 Å². The number of aryl methyl sites for hydroxylation is 2. The van der Waals surface area contributed by atoms with Gasteiger partial charge in [0.15, 0.2) is 0 Å². The molecule has 0 aliphatic carbocycles. The second kappa shape index (κ2) is 15.8. The highest BCUT2D eigenvalue weighted by Crippen LogP contribution is 2.30. The molecule has 0 heterocycles. The third kappa shape index (κ3) is 8.99. The van der Waals surface area contributed by atoms with Crippen LogP contribution in [0.15, 0.2) is 106 Å². The Morgan fingerprint density at radius 2 is 1.57 bits per heavy atom. The molecule has 0 bridgehead atoms. The van der Waals surface area contributed by atoms with Gasteiger partial charge in [-0.1, -0.05) is 101 Å². The van der Waals surface area contributed by atoms with Crippen molar-refractivity contribution in [1.82, 2.24) is 10.2 Å². The Morgan fingerprint density at radius 1 is 0.891 bits per heavy atom. The maximum atomic E-state index is 14.6. The Morgan fingerprint density at radius 3 is 2.22 bits per heavy atom. The largest absolute Gasteiger partial charge is 0.352 e. The van der Waals surface area contributed by atoms with Gasteiger partial charge in [0.2, 0.25) is 11.8 Å². The number of hydrogen-bond acceptors (Lipinski definition) is 4. The first kappa shape index (κ1) is 35.2. The Balaban J connectivity index is 1.84. The van der Waals surface area contributed by atoms with E-state index in [-0.39, 0.29) is 35.5 Å². The molecule has 46 heavy (non-hydrogen) atoms. The quantitative estimate of drug-likeness (QED) is 0.155. The van der Waals surface area contributed by atoms with E-state index in [9.17, 15) is 18.0 Å². The Bertz CT molecular complexity index is 1770. The zero-order valence-corrected chi connectivity index (χ0v) is 29.6. The van der Waals surface area contributed by atoms with E-state index < -0.39 is 28.5 Å². The van der Waals surface area contributed by atoms with E-state index in [1.54, 1.807) is 37.3 Å². The number of rotatable bonds is 13. The highest BCUT2D eigenvalue weighted by atomic mass is 79.9. The van der Waals surface area contributed by atoms with Gasteiger partial charge in [0.1, 0.15) is 12.6 Å². The van der Waals surface area contributed by atoms with E-state index in [4.69, 9.17) is 11.6 Å². The van der Waals surface area contributed by atoms with Crippen molar-refractivity contribution in [2.24, 2.45) is 0 Å². The topological polar surface area (TPSA) is 86.8 Å². The van der Waals surface area contributed by atoms with Crippen LogP contribution >= 0.6 is 27.5 Å². The number of anilines is 1. The molecule has 2 unspecified atom stereocenters. The lowest BCUT2D eigenvalue weighted by atomic mass is 10.0. The summed E-state index contributed by atoms with van der Waals surface area (Å²) in [5.41, 5.74) is 3.46. The predicted octanol–water partition coefficient (Wildman–Crippen LogP) is 7.47. The Hall–Kier alpha value is -3.66. The van der Waals surface area contributed by atoms with Crippen molar-refractivity contribution in [3.63, 3.8) is 0 Å². The minimum absolute atomic E-state index is 0.0409. The number of carbonyl (C=O) groups excluding carboxylic acids is 2. The number of carbonyl (C=O) groups is 2. The molecule has 4 aromatic carbocycles. The van der Waals surface area contributed by atoms with Crippen molar-refractivity contribution >= 4 is 55.1 Å². The molecule has 4 aromatic rings. The molecule has 0 spiro atoms. The fourth-order valence-corrected chi connectivity index (χ4v) is 7.11. The lowest BCUT2D eigenvalue weighted by Gasteiger charge is -2.34. The molecule has 10 heteroatoms. The molecule has 242 valence electrons. The minimum Gasteiger partial charge on any atom is -0.352 e. The first-order valence-corrected chi connectivity index (χ1v) is 17.7. The molecule has 1 N–H and O–H groups in total. The SMILES string of the molecule is CCC(C)NC(=O)C(Cc1ccccc1)N(Cc1cccc(Br)c1)C(=O)CN(c1cc(Cl)ccc1C)S(=O)(=O)c1ccc(C)cc1. The second-order valence-electron chi connectivity index (χ2n) is 11.4. The van der Waals surface area contributed by atoms with Gasteiger partial charge in [0, 0.05) is 28.5 Å². The van der Waals surface area contributed by atoms with Crippen molar-refractivity contribution in [3.05, 3.63) is 129 Å². The normalized spacial score (nSPS) is 12.7. The van der Waals surface area contributed by atoms with Crippen molar-refractivity contribution in [1.29, 1.82) is 0 Å². The molecule has 0 aliphatic rings. The van der Waals surface area contributed by atoms with Crippen LogP contribution in [0.3, 0.4) is 0 Å². The van der Waals surface area contributed by atoms with E-state index in [1.807, 2.05) is 75.4 Å². The van der Waals surface area contributed by atoms with Crippen LogP contribution in [0.25, 0.3) is 0 Å². The van der Waals surface area contributed by atoms with Crippen LogP contribution in [0.1, 0.15) is 42.5 Å². The highest BCUT2D eigenvalue weighted by Gasteiger charge is 2.35. The summed E-state index contributed by atoms with van der Waals surface area (Å²) in [4.78, 5) is 30.1. The summed E-state index contributed by atoms with van der Waals surface area (Å²) >= 11 is 9.88.